The predicted octanol–water partition coefficient (Wildman–Crippen LogP) is 3.26. The van der Waals surface area contributed by atoms with Gasteiger partial charge in [-0.05, 0) is 37.3 Å². The number of amides is 1. The fourth-order valence-corrected chi connectivity index (χ4v) is 2.42. The Bertz CT molecular complexity index is 488. The van der Waals surface area contributed by atoms with Crippen molar-refractivity contribution in [1.82, 2.24) is 5.32 Å². The van der Waals surface area contributed by atoms with Gasteiger partial charge in [-0.15, -0.1) is 0 Å². The van der Waals surface area contributed by atoms with Crippen LogP contribution in [0.25, 0.3) is 0 Å². The lowest BCUT2D eigenvalue weighted by Gasteiger charge is -2.26. The van der Waals surface area contributed by atoms with Crippen molar-refractivity contribution < 1.29 is 18.0 Å². The molecule has 3 nitrogen and oxygen atoms in total. The lowest BCUT2D eigenvalue weighted by molar-refractivity contribution is -0.135. The molecule has 0 saturated heterocycles. The Morgan fingerprint density at radius 1 is 1.29 bits per heavy atom. The van der Waals surface area contributed by atoms with E-state index in [1.54, 1.807) is 0 Å². The first-order valence-corrected chi connectivity index (χ1v) is 7.14. The number of nitrogens with one attached hydrogen (secondary N) is 2. The van der Waals surface area contributed by atoms with Gasteiger partial charge in [-0.25, -0.2) is 0 Å². The summed E-state index contributed by atoms with van der Waals surface area (Å²) in [7, 11) is 0. The highest BCUT2D eigenvalue weighted by molar-refractivity contribution is 5.85. The van der Waals surface area contributed by atoms with Crippen LogP contribution in [0.2, 0.25) is 0 Å². The van der Waals surface area contributed by atoms with Gasteiger partial charge in [0.05, 0.1) is 0 Å². The molecule has 0 fully saturated rings. The zero-order chi connectivity index (χ0) is 15.3. The molecule has 0 aromatic heterocycles. The third kappa shape index (κ3) is 4.95. The summed E-state index contributed by atoms with van der Waals surface area (Å²) in [6.07, 6.45) is -2.99. The number of benzene rings is 1. The number of rotatable bonds is 5. The summed E-state index contributed by atoms with van der Waals surface area (Å²) in [5.41, 5.74) is 2.15. The number of halogens is 3. The van der Waals surface area contributed by atoms with Crippen molar-refractivity contribution >= 4 is 11.6 Å². The monoisotopic (exact) mass is 300 g/mol. The van der Waals surface area contributed by atoms with E-state index in [4.69, 9.17) is 0 Å². The molecule has 116 valence electrons. The third-order valence-electron chi connectivity index (χ3n) is 3.55. The molecule has 1 aliphatic heterocycles. The quantitative estimate of drug-likeness (QED) is 0.820. The van der Waals surface area contributed by atoms with Crippen LogP contribution < -0.4 is 10.6 Å². The molecule has 21 heavy (non-hydrogen) atoms. The maximum Gasteiger partial charge on any atom is 0.389 e. The molecule has 0 bridgehead atoms. The summed E-state index contributed by atoms with van der Waals surface area (Å²) >= 11 is 0. The molecule has 0 radical (unpaired) electrons. The second-order valence-corrected chi connectivity index (χ2v) is 5.26. The highest BCUT2D eigenvalue weighted by Gasteiger charge is 2.26. The molecular weight excluding hydrogens is 281 g/mol. The highest BCUT2D eigenvalue weighted by Crippen LogP contribution is 2.24. The minimum Gasteiger partial charge on any atom is -0.373 e. The van der Waals surface area contributed by atoms with E-state index < -0.39 is 12.6 Å². The summed E-state index contributed by atoms with van der Waals surface area (Å²) in [4.78, 5) is 12.0. The van der Waals surface area contributed by atoms with E-state index in [0.29, 0.717) is 12.8 Å². The molecule has 6 heteroatoms. The number of fused-ring (bicyclic) bond motifs is 1. The Balaban J connectivity index is 1.70. The number of carbonyl (C=O) groups excluding carboxylic acids is 1. The number of hydrogen-bond acceptors (Lipinski definition) is 2. The molecule has 0 saturated carbocycles. The van der Waals surface area contributed by atoms with Gasteiger partial charge in [0.15, 0.2) is 0 Å². The molecule has 1 heterocycles. The van der Waals surface area contributed by atoms with Crippen LogP contribution in [-0.2, 0) is 11.2 Å². The van der Waals surface area contributed by atoms with E-state index in [-0.39, 0.29) is 24.9 Å². The zero-order valence-corrected chi connectivity index (χ0v) is 11.7. The zero-order valence-electron chi connectivity index (χ0n) is 11.7. The van der Waals surface area contributed by atoms with E-state index in [1.807, 2.05) is 24.3 Å². The smallest absolute Gasteiger partial charge is 0.373 e. The Labute approximate surface area is 121 Å². The van der Waals surface area contributed by atoms with Gasteiger partial charge < -0.3 is 10.6 Å². The summed E-state index contributed by atoms with van der Waals surface area (Å²) in [5, 5.41) is 5.87. The van der Waals surface area contributed by atoms with E-state index >= 15 is 0 Å². The molecule has 0 aliphatic carbocycles. The van der Waals surface area contributed by atoms with Gasteiger partial charge in [0.25, 0.3) is 0 Å². The molecule has 0 spiro atoms. The van der Waals surface area contributed by atoms with Crippen molar-refractivity contribution in [2.45, 2.75) is 44.3 Å². The second-order valence-electron chi connectivity index (χ2n) is 5.26. The van der Waals surface area contributed by atoms with Crippen LogP contribution in [0.15, 0.2) is 24.3 Å². The van der Waals surface area contributed by atoms with Gasteiger partial charge in [-0.3, -0.25) is 4.79 Å². The summed E-state index contributed by atoms with van der Waals surface area (Å²) < 4.78 is 35.9. The van der Waals surface area contributed by atoms with Crippen molar-refractivity contribution in [3.63, 3.8) is 0 Å². The standard InChI is InChI=1S/C15H19F3N2O/c16-15(17,18)9-3-4-10-19-14(21)13-8-7-11-5-1-2-6-12(11)20-13/h1-2,5-6,13,20H,3-4,7-10H2,(H,19,21). The van der Waals surface area contributed by atoms with Gasteiger partial charge >= 0.3 is 6.18 Å². The molecule has 1 aromatic carbocycles. The lowest BCUT2D eigenvalue weighted by Crippen LogP contribution is -2.42. The molecule has 1 unspecified atom stereocenters. The van der Waals surface area contributed by atoms with Crippen LogP contribution >= 0.6 is 0 Å². The Morgan fingerprint density at radius 3 is 2.81 bits per heavy atom. The Hall–Kier alpha value is -1.72. The molecule has 2 rings (SSSR count). The van der Waals surface area contributed by atoms with Gasteiger partial charge in [0.2, 0.25) is 5.91 Å². The number of anilines is 1. The van der Waals surface area contributed by atoms with Crippen molar-refractivity contribution in [1.29, 1.82) is 0 Å². The normalized spacial score (nSPS) is 17.8. The van der Waals surface area contributed by atoms with Gasteiger partial charge in [0, 0.05) is 18.7 Å². The molecule has 2 N–H and O–H groups in total. The average Bonchev–Trinajstić information content (AvgIpc) is 2.45. The Kier molecular flexibility index (Phi) is 5.09. The molecular formula is C15H19F3N2O. The highest BCUT2D eigenvalue weighted by atomic mass is 19.4. The van der Waals surface area contributed by atoms with Gasteiger partial charge in [0.1, 0.15) is 6.04 Å². The van der Waals surface area contributed by atoms with E-state index in [9.17, 15) is 18.0 Å². The predicted molar refractivity (Wildman–Crippen MR) is 75.1 cm³/mol. The van der Waals surface area contributed by atoms with Crippen molar-refractivity contribution in [2.75, 3.05) is 11.9 Å². The average molecular weight is 300 g/mol. The van der Waals surface area contributed by atoms with Gasteiger partial charge in [-0.2, -0.15) is 13.2 Å². The first kappa shape index (κ1) is 15.7. The first-order chi connectivity index (χ1) is 9.96. The lowest BCUT2D eigenvalue weighted by atomic mass is 9.98. The second kappa shape index (κ2) is 6.83. The minimum atomic E-state index is -4.11. The first-order valence-electron chi connectivity index (χ1n) is 7.14. The number of alkyl halides is 3. The van der Waals surface area contributed by atoms with E-state index in [2.05, 4.69) is 10.6 Å². The summed E-state index contributed by atoms with van der Waals surface area (Å²) in [5.74, 6) is -0.142. The van der Waals surface area contributed by atoms with E-state index in [0.717, 1.165) is 12.1 Å². The molecule has 1 amide bonds. The van der Waals surface area contributed by atoms with Crippen molar-refractivity contribution in [2.24, 2.45) is 0 Å². The third-order valence-corrected chi connectivity index (χ3v) is 3.55. The van der Waals surface area contributed by atoms with Crippen molar-refractivity contribution in [3.8, 4) is 0 Å². The number of para-hydroxylation sites is 1. The number of carbonyl (C=O) groups is 1. The maximum absolute atomic E-state index is 12.0. The SMILES string of the molecule is O=C(NCCCCC(F)(F)F)C1CCc2ccccc2N1. The number of aryl methyl sites for hydroxylation is 1. The Morgan fingerprint density at radius 2 is 2.05 bits per heavy atom. The molecule has 1 aliphatic rings. The summed E-state index contributed by atoms with van der Waals surface area (Å²) in [6, 6.07) is 7.51. The van der Waals surface area contributed by atoms with Gasteiger partial charge in [-0.1, -0.05) is 18.2 Å². The van der Waals surface area contributed by atoms with Crippen LogP contribution in [0.4, 0.5) is 18.9 Å². The van der Waals surface area contributed by atoms with Crippen LogP contribution in [0.5, 0.6) is 0 Å². The van der Waals surface area contributed by atoms with Crippen LogP contribution in [0.1, 0.15) is 31.2 Å². The topological polar surface area (TPSA) is 41.1 Å². The van der Waals surface area contributed by atoms with Crippen molar-refractivity contribution in [3.05, 3.63) is 29.8 Å². The van der Waals surface area contributed by atoms with Crippen LogP contribution in [0, 0.1) is 0 Å². The van der Waals surface area contributed by atoms with Crippen LogP contribution in [0.3, 0.4) is 0 Å². The minimum absolute atomic E-state index is 0.0463. The largest absolute Gasteiger partial charge is 0.389 e. The molecule has 1 aromatic rings. The van der Waals surface area contributed by atoms with Crippen LogP contribution in [-0.4, -0.2) is 24.7 Å². The number of unbranched alkanes of at least 4 members (excludes halogenated alkanes) is 1. The fourth-order valence-electron chi connectivity index (χ4n) is 2.42. The van der Waals surface area contributed by atoms with E-state index in [1.165, 1.54) is 5.56 Å². The maximum atomic E-state index is 12.0. The summed E-state index contributed by atoms with van der Waals surface area (Å²) in [6.45, 7) is 0.286. The fraction of sp³-hybridized carbons (Fsp3) is 0.533. The molecule has 1 atom stereocenters. The number of hydrogen-bond donors (Lipinski definition) is 2.